The van der Waals surface area contributed by atoms with E-state index >= 15 is 0 Å². The van der Waals surface area contributed by atoms with Crippen molar-refractivity contribution >= 4 is 28.8 Å². The molecule has 5 heteroatoms. The van der Waals surface area contributed by atoms with Gasteiger partial charge in [0, 0.05) is 13.1 Å². The molecule has 88 valence electrons. The molecule has 1 saturated heterocycles. The molecule has 1 amide bonds. The first-order valence-corrected chi connectivity index (χ1v) is 6.50. The molecule has 2 atom stereocenters. The fourth-order valence-electron chi connectivity index (χ4n) is 1.82. The summed E-state index contributed by atoms with van der Waals surface area (Å²) >= 11 is 7.08. The van der Waals surface area contributed by atoms with Crippen LogP contribution in [0.5, 0.6) is 0 Å². The standard InChI is InChI=1S/C11H14ClNO2S/c1-7-4-5-13(6-8(7)14)11(15)9-2-3-10(12)16-9/h2-3,7-8,14H,4-6H2,1H3. The van der Waals surface area contributed by atoms with E-state index in [9.17, 15) is 9.90 Å². The maximum absolute atomic E-state index is 12.0. The van der Waals surface area contributed by atoms with Crippen LogP contribution in [0.4, 0.5) is 0 Å². The lowest BCUT2D eigenvalue weighted by atomic mass is 9.96. The van der Waals surface area contributed by atoms with Crippen LogP contribution in [-0.2, 0) is 0 Å². The fourth-order valence-corrected chi connectivity index (χ4v) is 2.83. The third-order valence-corrected chi connectivity index (χ3v) is 4.21. The zero-order valence-electron chi connectivity index (χ0n) is 9.02. The molecule has 0 aromatic carbocycles. The SMILES string of the molecule is CC1CCN(C(=O)c2ccc(Cl)s2)CC1O. The summed E-state index contributed by atoms with van der Waals surface area (Å²) in [6.07, 6.45) is 0.444. The number of hydrogen-bond donors (Lipinski definition) is 1. The first-order chi connectivity index (χ1) is 7.58. The number of likely N-dealkylation sites (tertiary alicyclic amines) is 1. The second-order valence-corrected chi connectivity index (χ2v) is 5.90. The van der Waals surface area contributed by atoms with Gasteiger partial charge in [0.1, 0.15) is 0 Å². The molecule has 0 spiro atoms. The van der Waals surface area contributed by atoms with E-state index in [1.54, 1.807) is 17.0 Å². The van der Waals surface area contributed by atoms with E-state index in [4.69, 9.17) is 11.6 Å². The second-order valence-electron chi connectivity index (χ2n) is 4.19. The molecule has 1 aromatic heterocycles. The van der Waals surface area contributed by atoms with Crippen LogP contribution in [-0.4, -0.2) is 35.1 Å². The van der Waals surface area contributed by atoms with E-state index in [0.29, 0.717) is 22.3 Å². The van der Waals surface area contributed by atoms with Crippen molar-refractivity contribution in [3.05, 3.63) is 21.3 Å². The van der Waals surface area contributed by atoms with Gasteiger partial charge in [-0.15, -0.1) is 11.3 Å². The molecule has 0 bridgehead atoms. The van der Waals surface area contributed by atoms with Crippen molar-refractivity contribution in [1.29, 1.82) is 0 Å². The maximum atomic E-state index is 12.0. The number of hydrogen-bond acceptors (Lipinski definition) is 3. The zero-order valence-corrected chi connectivity index (χ0v) is 10.6. The minimum absolute atomic E-state index is 0.0251. The van der Waals surface area contributed by atoms with Crippen LogP contribution < -0.4 is 0 Å². The number of rotatable bonds is 1. The van der Waals surface area contributed by atoms with Gasteiger partial charge in [-0.1, -0.05) is 18.5 Å². The van der Waals surface area contributed by atoms with Crippen molar-refractivity contribution in [2.24, 2.45) is 5.92 Å². The Morgan fingerprint density at radius 3 is 2.94 bits per heavy atom. The molecular formula is C11H14ClNO2S. The van der Waals surface area contributed by atoms with Crippen LogP contribution in [0, 0.1) is 5.92 Å². The first-order valence-electron chi connectivity index (χ1n) is 5.30. The van der Waals surface area contributed by atoms with E-state index in [1.165, 1.54) is 11.3 Å². The number of thiophene rings is 1. The summed E-state index contributed by atoms with van der Waals surface area (Å²) in [6.45, 7) is 3.15. The largest absolute Gasteiger partial charge is 0.391 e. The van der Waals surface area contributed by atoms with Gasteiger partial charge in [-0.3, -0.25) is 4.79 Å². The third-order valence-electron chi connectivity index (χ3n) is 2.99. The molecule has 2 unspecified atom stereocenters. The van der Waals surface area contributed by atoms with Crippen LogP contribution in [0.15, 0.2) is 12.1 Å². The Bertz CT molecular complexity index is 393. The number of amides is 1. The highest BCUT2D eigenvalue weighted by atomic mass is 35.5. The smallest absolute Gasteiger partial charge is 0.264 e. The number of carbonyl (C=O) groups excluding carboxylic acids is 1. The number of halogens is 1. The number of aliphatic hydroxyl groups is 1. The summed E-state index contributed by atoms with van der Waals surface area (Å²) in [7, 11) is 0. The average Bonchev–Trinajstić information content (AvgIpc) is 2.68. The molecule has 1 N–H and O–H groups in total. The lowest BCUT2D eigenvalue weighted by Gasteiger charge is -2.34. The normalized spacial score (nSPS) is 25.8. The maximum Gasteiger partial charge on any atom is 0.264 e. The van der Waals surface area contributed by atoms with Crippen molar-refractivity contribution < 1.29 is 9.90 Å². The molecular weight excluding hydrogens is 246 g/mol. The third kappa shape index (κ3) is 2.39. The first kappa shape index (κ1) is 11.9. The van der Waals surface area contributed by atoms with Crippen LogP contribution >= 0.6 is 22.9 Å². The van der Waals surface area contributed by atoms with Gasteiger partial charge in [-0.2, -0.15) is 0 Å². The van der Waals surface area contributed by atoms with Gasteiger partial charge in [0.05, 0.1) is 15.3 Å². The quantitative estimate of drug-likeness (QED) is 0.840. The Labute approximate surface area is 104 Å². The van der Waals surface area contributed by atoms with Crippen molar-refractivity contribution in [2.45, 2.75) is 19.4 Å². The van der Waals surface area contributed by atoms with Crippen molar-refractivity contribution in [3.8, 4) is 0 Å². The molecule has 1 fully saturated rings. The Balaban J connectivity index is 2.06. The second kappa shape index (κ2) is 4.73. The molecule has 3 nitrogen and oxygen atoms in total. The molecule has 1 aromatic rings. The minimum Gasteiger partial charge on any atom is -0.391 e. The predicted molar refractivity (Wildman–Crippen MR) is 65.0 cm³/mol. The summed E-state index contributed by atoms with van der Waals surface area (Å²) in [5.41, 5.74) is 0. The molecule has 1 aliphatic rings. The zero-order chi connectivity index (χ0) is 11.7. The van der Waals surface area contributed by atoms with E-state index in [-0.39, 0.29) is 11.8 Å². The number of carbonyl (C=O) groups is 1. The van der Waals surface area contributed by atoms with E-state index < -0.39 is 6.10 Å². The molecule has 0 saturated carbocycles. The lowest BCUT2D eigenvalue weighted by molar-refractivity contribution is 0.0251. The van der Waals surface area contributed by atoms with Gasteiger partial charge in [0.15, 0.2) is 0 Å². The Morgan fingerprint density at radius 1 is 1.62 bits per heavy atom. The molecule has 1 aliphatic heterocycles. The van der Waals surface area contributed by atoms with Crippen molar-refractivity contribution in [2.75, 3.05) is 13.1 Å². The summed E-state index contributed by atoms with van der Waals surface area (Å²) in [5, 5.41) is 9.73. The summed E-state index contributed by atoms with van der Waals surface area (Å²) in [5.74, 6) is 0.249. The highest BCUT2D eigenvalue weighted by molar-refractivity contribution is 7.17. The Kier molecular flexibility index (Phi) is 3.52. The summed E-state index contributed by atoms with van der Waals surface area (Å²) < 4.78 is 0.620. The van der Waals surface area contributed by atoms with Gasteiger partial charge in [-0.25, -0.2) is 0 Å². The highest BCUT2D eigenvalue weighted by Crippen LogP contribution is 2.25. The Hall–Kier alpha value is -0.580. The number of aliphatic hydroxyl groups excluding tert-OH is 1. The number of piperidine rings is 1. The van der Waals surface area contributed by atoms with Gasteiger partial charge >= 0.3 is 0 Å². The van der Waals surface area contributed by atoms with Crippen molar-refractivity contribution in [3.63, 3.8) is 0 Å². The van der Waals surface area contributed by atoms with E-state index in [0.717, 1.165) is 6.42 Å². The number of β-amino-alcohol motifs (C(OH)–C–C–N with tert-alkyl or cyclic N) is 1. The van der Waals surface area contributed by atoms with E-state index in [2.05, 4.69) is 0 Å². The molecule has 0 aliphatic carbocycles. The molecule has 2 rings (SSSR count). The summed E-state index contributed by atoms with van der Waals surface area (Å²) in [6, 6.07) is 3.46. The van der Waals surface area contributed by atoms with Crippen LogP contribution in [0.1, 0.15) is 23.0 Å². The predicted octanol–water partition coefficient (Wildman–Crippen LogP) is 2.24. The Morgan fingerprint density at radius 2 is 2.38 bits per heavy atom. The topological polar surface area (TPSA) is 40.5 Å². The molecule has 16 heavy (non-hydrogen) atoms. The van der Waals surface area contributed by atoms with Gasteiger partial charge in [0.25, 0.3) is 5.91 Å². The van der Waals surface area contributed by atoms with Crippen LogP contribution in [0.3, 0.4) is 0 Å². The average molecular weight is 260 g/mol. The molecule has 0 radical (unpaired) electrons. The van der Waals surface area contributed by atoms with Gasteiger partial charge < -0.3 is 10.0 Å². The number of nitrogens with zero attached hydrogens (tertiary/aromatic N) is 1. The van der Waals surface area contributed by atoms with Gasteiger partial charge in [-0.05, 0) is 24.5 Å². The monoisotopic (exact) mass is 259 g/mol. The van der Waals surface area contributed by atoms with E-state index in [1.807, 2.05) is 6.92 Å². The molecule has 2 heterocycles. The summed E-state index contributed by atoms with van der Waals surface area (Å²) in [4.78, 5) is 14.4. The van der Waals surface area contributed by atoms with Crippen molar-refractivity contribution in [1.82, 2.24) is 4.90 Å². The minimum atomic E-state index is -0.409. The highest BCUT2D eigenvalue weighted by Gasteiger charge is 2.28. The van der Waals surface area contributed by atoms with Crippen LogP contribution in [0.25, 0.3) is 0 Å². The van der Waals surface area contributed by atoms with Gasteiger partial charge in [0.2, 0.25) is 0 Å². The lowest BCUT2D eigenvalue weighted by Crippen LogP contribution is -2.45. The van der Waals surface area contributed by atoms with Crippen LogP contribution in [0.2, 0.25) is 4.34 Å². The fraction of sp³-hybridized carbons (Fsp3) is 0.545.